The molecule has 108 valence electrons. The number of nitrogens with one attached hydrogen (secondary N) is 2. The predicted molar refractivity (Wildman–Crippen MR) is 78.5 cm³/mol. The highest BCUT2D eigenvalue weighted by atomic mass is 35.5. The lowest BCUT2D eigenvalue weighted by molar-refractivity contribution is 0.417. The molecule has 0 aliphatic carbocycles. The van der Waals surface area contributed by atoms with Crippen molar-refractivity contribution in [2.45, 2.75) is 18.6 Å². The van der Waals surface area contributed by atoms with Crippen molar-refractivity contribution >= 4 is 27.3 Å². The predicted octanol–water partition coefficient (Wildman–Crippen LogP) is 2.76. The Labute approximate surface area is 123 Å². The minimum absolute atomic E-state index is 0.0976. The van der Waals surface area contributed by atoms with Gasteiger partial charge in [0.1, 0.15) is 5.76 Å². The molecule has 0 atom stereocenters. The Morgan fingerprint density at radius 1 is 1.25 bits per heavy atom. The molecule has 0 spiro atoms. The van der Waals surface area contributed by atoms with Gasteiger partial charge in [0.05, 0.1) is 6.54 Å². The van der Waals surface area contributed by atoms with Crippen LogP contribution in [0.5, 0.6) is 0 Å². The number of furan rings is 1. The first-order valence-corrected chi connectivity index (χ1v) is 7.81. The van der Waals surface area contributed by atoms with Gasteiger partial charge in [0.15, 0.2) is 0 Å². The Morgan fingerprint density at radius 2 is 2.00 bits per heavy atom. The van der Waals surface area contributed by atoms with Crippen LogP contribution in [-0.2, 0) is 16.6 Å². The summed E-state index contributed by atoms with van der Waals surface area (Å²) in [5.41, 5.74) is 1.82. The van der Waals surface area contributed by atoms with E-state index in [4.69, 9.17) is 16.0 Å². The second kappa shape index (κ2) is 5.87. The Hall–Kier alpha value is -1.50. The average molecular weight is 315 g/mol. The number of hydrogen-bond acceptors (Lipinski definition) is 4. The molecule has 0 unspecified atom stereocenters. The van der Waals surface area contributed by atoms with Crippen LogP contribution in [0.2, 0.25) is 5.02 Å². The largest absolute Gasteiger partial charge is 0.446 e. The first-order chi connectivity index (χ1) is 9.44. The summed E-state index contributed by atoms with van der Waals surface area (Å²) in [4.78, 5) is 0. The van der Waals surface area contributed by atoms with E-state index < -0.39 is 10.0 Å². The van der Waals surface area contributed by atoms with E-state index in [0.717, 1.165) is 11.3 Å². The highest BCUT2D eigenvalue weighted by Gasteiger charge is 2.16. The molecule has 1 aromatic heterocycles. The molecule has 5 nitrogen and oxygen atoms in total. The van der Waals surface area contributed by atoms with Crippen LogP contribution in [0, 0.1) is 6.92 Å². The summed E-state index contributed by atoms with van der Waals surface area (Å²) in [7, 11) is -2.20. The molecule has 2 aromatic rings. The minimum atomic E-state index is -3.54. The van der Waals surface area contributed by atoms with E-state index in [-0.39, 0.29) is 5.09 Å². The third kappa shape index (κ3) is 3.15. The fourth-order valence-electron chi connectivity index (χ4n) is 1.68. The average Bonchev–Trinajstić information content (AvgIpc) is 2.90. The summed E-state index contributed by atoms with van der Waals surface area (Å²) in [6.07, 6.45) is 0. The molecule has 0 saturated heterocycles. The molecule has 0 fully saturated rings. The van der Waals surface area contributed by atoms with Crippen LogP contribution in [0.4, 0.5) is 5.69 Å². The number of benzene rings is 1. The van der Waals surface area contributed by atoms with Gasteiger partial charge in [0, 0.05) is 10.7 Å². The summed E-state index contributed by atoms with van der Waals surface area (Å²) in [5, 5.41) is 3.74. The third-order valence-corrected chi connectivity index (χ3v) is 4.59. The molecule has 2 N–H and O–H groups in total. The van der Waals surface area contributed by atoms with Crippen molar-refractivity contribution in [3.8, 4) is 0 Å². The van der Waals surface area contributed by atoms with Crippen molar-refractivity contribution in [3.05, 3.63) is 46.7 Å². The number of hydrogen-bond donors (Lipinski definition) is 2. The van der Waals surface area contributed by atoms with Gasteiger partial charge >= 0.3 is 0 Å². The molecule has 0 bridgehead atoms. The van der Waals surface area contributed by atoms with Crippen molar-refractivity contribution in [2.75, 3.05) is 12.4 Å². The van der Waals surface area contributed by atoms with Crippen LogP contribution in [0.1, 0.15) is 11.3 Å². The quantitative estimate of drug-likeness (QED) is 0.890. The van der Waals surface area contributed by atoms with Crippen LogP contribution in [-0.4, -0.2) is 15.5 Å². The number of halogens is 1. The monoisotopic (exact) mass is 314 g/mol. The van der Waals surface area contributed by atoms with Crippen molar-refractivity contribution in [2.24, 2.45) is 0 Å². The van der Waals surface area contributed by atoms with E-state index in [1.165, 1.54) is 13.1 Å². The van der Waals surface area contributed by atoms with Gasteiger partial charge in [-0.25, -0.2) is 13.1 Å². The zero-order valence-electron chi connectivity index (χ0n) is 11.1. The Bertz CT molecular complexity index is 710. The van der Waals surface area contributed by atoms with E-state index in [2.05, 4.69) is 10.0 Å². The topological polar surface area (TPSA) is 71.3 Å². The summed E-state index contributed by atoms with van der Waals surface area (Å²) >= 11 is 6.03. The first-order valence-electron chi connectivity index (χ1n) is 5.95. The zero-order chi connectivity index (χ0) is 14.8. The molecule has 0 amide bonds. The van der Waals surface area contributed by atoms with Gasteiger partial charge in [-0.3, -0.25) is 0 Å². The van der Waals surface area contributed by atoms with Crippen LogP contribution in [0.3, 0.4) is 0 Å². The summed E-state index contributed by atoms with van der Waals surface area (Å²) in [6.45, 7) is 2.28. The highest BCUT2D eigenvalue weighted by molar-refractivity contribution is 7.89. The molecule has 0 aliphatic heterocycles. The molecule has 7 heteroatoms. The number of anilines is 1. The van der Waals surface area contributed by atoms with Crippen molar-refractivity contribution in [1.82, 2.24) is 4.72 Å². The lowest BCUT2D eigenvalue weighted by atomic mass is 10.2. The molecule has 0 saturated carbocycles. The first kappa shape index (κ1) is 14.9. The molecular formula is C13H15ClN2O3S. The highest BCUT2D eigenvalue weighted by Crippen LogP contribution is 2.23. The fraction of sp³-hybridized carbons (Fsp3) is 0.231. The number of rotatable bonds is 5. The van der Waals surface area contributed by atoms with Gasteiger partial charge in [-0.15, -0.1) is 0 Å². The summed E-state index contributed by atoms with van der Waals surface area (Å²) in [6, 6.07) is 8.60. The lowest BCUT2D eigenvalue weighted by Crippen LogP contribution is -2.17. The Morgan fingerprint density at radius 3 is 2.70 bits per heavy atom. The molecular weight excluding hydrogens is 300 g/mol. The SMILES string of the molecule is CNS(=O)(=O)c1ccc(CNc2cccc(Cl)c2C)o1. The van der Waals surface area contributed by atoms with Crippen molar-refractivity contribution in [3.63, 3.8) is 0 Å². The molecule has 1 heterocycles. The van der Waals surface area contributed by atoms with E-state index in [1.807, 2.05) is 25.1 Å². The van der Waals surface area contributed by atoms with Gasteiger partial charge < -0.3 is 9.73 Å². The second-order valence-electron chi connectivity index (χ2n) is 4.19. The fourth-order valence-corrected chi connectivity index (χ4v) is 2.52. The van der Waals surface area contributed by atoms with Crippen LogP contribution in [0.15, 0.2) is 39.8 Å². The van der Waals surface area contributed by atoms with Gasteiger partial charge in [0.2, 0.25) is 5.09 Å². The van der Waals surface area contributed by atoms with Crippen LogP contribution in [0.25, 0.3) is 0 Å². The minimum Gasteiger partial charge on any atom is -0.446 e. The van der Waals surface area contributed by atoms with E-state index in [9.17, 15) is 8.42 Å². The lowest BCUT2D eigenvalue weighted by Gasteiger charge is -2.09. The van der Waals surface area contributed by atoms with Crippen LogP contribution >= 0.6 is 11.6 Å². The maximum absolute atomic E-state index is 11.5. The summed E-state index contributed by atoms with van der Waals surface area (Å²) < 4.78 is 30.6. The Balaban J connectivity index is 2.11. The Kier molecular flexibility index (Phi) is 4.37. The summed E-state index contributed by atoms with van der Waals surface area (Å²) in [5.74, 6) is 0.526. The van der Waals surface area contributed by atoms with Gasteiger partial charge in [-0.2, -0.15) is 0 Å². The van der Waals surface area contributed by atoms with Crippen molar-refractivity contribution in [1.29, 1.82) is 0 Å². The van der Waals surface area contributed by atoms with Crippen molar-refractivity contribution < 1.29 is 12.8 Å². The normalized spacial score (nSPS) is 11.6. The molecule has 0 aliphatic rings. The standard InChI is InChI=1S/C13H15ClN2O3S/c1-9-11(14)4-3-5-12(9)16-8-10-6-7-13(19-10)20(17,18)15-2/h3-7,15-16H,8H2,1-2H3. The number of sulfonamides is 1. The molecule has 20 heavy (non-hydrogen) atoms. The van der Waals surface area contributed by atoms with Crippen LogP contribution < -0.4 is 10.0 Å². The maximum Gasteiger partial charge on any atom is 0.273 e. The molecule has 0 radical (unpaired) electrons. The van der Waals surface area contributed by atoms with E-state index in [0.29, 0.717) is 17.3 Å². The van der Waals surface area contributed by atoms with Gasteiger partial charge in [0.25, 0.3) is 10.0 Å². The second-order valence-corrected chi connectivity index (χ2v) is 6.42. The van der Waals surface area contributed by atoms with E-state index >= 15 is 0 Å². The van der Waals surface area contributed by atoms with Gasteiger partial charge in [-0.1, -0.05) is 17.7 Å². The van der Waals surface area contributed by atoms with Gasteiger partial charge in [-0.05, 0) is 43.8 Å². The maximum atomic E-state index is 11.5. The smallest absolute Gasteiger partial charge is 0.273 e. The van der Waals surface area contributed by atoms with E-state index in [1.54, 1.807) is 6.07 Å². The third-order valence-electron chi connectivity index (χ3n) is 2.89. The zero-order valence-corrected chi connectivity index (χ0v) is 12.7. The molecule has 1 aromatic carbocycles. The molecule has 2 rings (SSSR count).